The quantitative estimate of drug-likeness (QED) is 0.690. The van der Waals surface area contributed by atoms with E-state index in [9.17, 15) is 14.7 Å². The summed E-state index contributed by atoms with van der Waals surface area (Å²) >= 11 is 0. The standard InChI is InChI=1S/C19H19N3O3/c1-12-16(18(24)20-11-13-6-3-2-4-7-13)17(22-19(25)21-12)14-8-5-9-15(23)10-14/h2-10,17,23H,11H2,1H3,(H,20,24)(H2,21,22,25)/t17-/m0/s1. The highest BCUT2D eigenvalue weighted by atomic mass is 16.3. The first kappa shape index (κ1) is 16.6. The first-order valence-electron chi connectivity index (χ1n) is 7.94. The molecule has 0 aliphatic carbocycles. The zero-order chi connectivity index (χ0) is 17.8. The number of benzene rings is 2. The van der Waals surface area contributed by atoms with E-state index in [0.717, 1.165) is 5.56 Å². The molecular formula is C19H19N3O3. The van der Waals surface area contributed by atoms with Crippen molar-refractivity contribution in [2.45, 2.75) is 19.5 Å². The average molecular weight is 337 g/mol. The summed E-state index contributed by atoms with van der Waals surface area (Å²) in [6.07, 6.45) is 0. The third-order valence-electron chi connectivity index (χ3n) is 4.01. The van der Waals surface area contributed by atoms with Crippen LogP contribution < -0.4 is 16.0 Å². The van der Waals surface area contributed by atoms with Crippen molar-refractivity contribution in [1.82, 2.24) is 16.0 Å². The number of urea groups is 1. The van der Waals surface area contributed by atoms with Crippen molar-refractivity contribution < 1.29 is 14.7 Å². The van der Waals surface area contributed by atoms with E-state index in [0.29, 0.717) is 23.4 Å². The van der Waals surface area contributed by atoms with Gasteiger partial charge in [-0.1, -0.05) is 42.5 Å². The molecule has 25 heavy (non-hydrogen) atoms. The molecule has 0 aromatic heterocycles. The van der Waals surface area contributed by atoms with Crippen LogP contribution in [0, 0.1) is 0 Å². The maximum atomic E-state index is 12.7. The minimum absolute atomic E-state index is 0.0759. The maximum absolute atomic E-state index is 12.7. The number of hydrogen-bond acceptors (Lipinski definition) is 3. The van der Waals surface area contributed by atoms with Crippen LogP contribution in [-0.4, -0.2) is 17.0 Å². The predicted molar refractivity (Wildman–Crippen MR) is 93.5 cm³/mol. The van der Waals surface area contributed by atoms with Crippen molar-refractivity contribution in [2.24, 2.45) is 0 Å². The van der Waals surface area contributed by atoms with Gasteiger partial charge in [-0.25, -0.2) is 4.79 Å². The zero-order valence-electron chi connectivity index (χ0n) is 13.7. The number of amides is 3. The van der Waals surface area contributed by atoms with E-state index < -0.39 is 6.04 Å². The van der Waals surface area contributed by atoms with Crippen LogP contribution in [0.1, 0.15) is 24.1 Å². The minimum Gasteiger partial charge on any atom is -0.508 e. The fourth-order valence-electron chi connectivity index (χ4n) is 2.82. The van der Waals surface area contributed by atoms with Crippen molar-refractivity contribution in [3.63, 3.8) is 0 Å². The Bertz CT molecular complexity index is 831. The molecule has 1 atom stereocenters. The van der Waals surface area contributed by atoms with Gasteiger partial charge < -0.3 is 21.1 Å². The van der Waals surface area contributed by atoms with Gasteiger partial charge in [-0.15, -0.1) is 0 Å². The van der Waals surface area contributed by atoms with Gasteiger partial charge in [-0.3, -0.25) is 4.79 Å². The summed E-state index contributed by atoms with van der Waals surface area (Å²) in [5, 5.41) is 18.0. The first-order chi connectivity index (χ1) is 12.0. The summed E-state index contributed by atoms with van der Waals surface area (Å²) in [6, 6.07) is 15.1. The summed E-state index contributed by atoms with van der Waals surface area (Å²) in [5.41, 5.74) is 2.53. The van der Waals surface area contributed by atoms with E-state index in [1.807, 2.05) is 30.3 Å². The molecular weight excluding hydrogens is 318 g/mol. The Balaban J connectivity index is 1.85. The van der Waals surface area contributed by atoms with Gasteiger partial charge in [-0.05, 0) is 30.2 Å². The highest BCUT2D eigenvalue weighted by molar-refractivity contribution is 5.98. The minimum atomic E-state index is -0.628. The van der Waals surface area contributed by atoms with Crippen LogP contribution in [0.25, 0.3) is 0 Å². The van der Waals surface area contributed by atoms with E-state index in [-0.39, 0.29) is 17.7 Å². The molecule has 0 radical (unpaired) electrons. The normalized spacial score (nSPS) is 16.8. The highest BCUT2D eigenvalue weighted by Gasteiger charge is 2.31. The maximum Gasteiger partial charge on any atom is 0.319 e. The Morgan fingerprint density at radius 1 is 1.16 bits per heavy atom. The molecule has 6 heteroatoms. The zero-order valence-corrected chi connectivity index (χ0v) is 13.7. The second-order valence-electron chi connectivity index (χ2n) is 5.83. The summed E-state index contributed by atoms with van der Waals surface area (Å²) in [6.45, 7) is 2.07. The van der Waals surface area contributed by atoms with E-state index >= 15 is 0 Å². The largest absolute Gasteiger partial charge is 0.508 e. The monoisotopic (exact) mass is 337 g/mol. The lowest BCUT2D eigenvalue weighted by Gasteiger charge is -2.28. The summed E-state index contributed by atoms with van der Waals surface area (Å²) in [7, 11) is 0. The Hall–Kier alpha value is -3.28. The van der Waals surface area contributed by atoms with E-state index in [2.05, 4.69) is 16.0 Å². The van der Waals surface area contributed by atoms with Gasteiger partial charge in [0.25, 0.3) is 5.91 Å². The van der Waals surface area contributed by atoms with Gasteiger partial charge in [0.1, 0.15) is 5.75 Å². The van der Waals surface area contributed by atoms with Gasteiger partial charge in [0.2, 0.25) is 0 Å². The number of nitrogens with one attached hydrogen (secondary N) is 3. The summed E-state index contributed by atoms with van der Waals surface area (Å²) in [4.78, 5) is 24.6. The van der Waals surface area contributed by atoms with Gasteiger partial charge in [0.05, 0.1) is 11.6 Å². The molecule has 128 valence electrons. The summed E-state index contributed by atoms with van der Waals surface area (Å²) in [5.74, 6) is -0.200. The van der Waals surface area contributed by atoms with Gasteiger partial charge in [0.15, 0.2) is 0 Å². The van der Waals surface area contributed by atoms with E-state index in [1.165, 1.54) is 12.1 Å². The topological polar surface area (TPSA) is 90.5 Å². The molecule has 1 aliphatic heterocycles. The highest BCUT2D eigenvalue weighted by Crippen LogP contribution is 2.28. The van der Waals surface area contributed by atoms with Crippen molar-refractivity contribution in [1.29, 1.82) is 0 Å². The molecule has 2 aromatic rings. The van der Waals surface area contributed by atoms with Crippen LogP contribution in [0.2, 0.25) is 0 Å². The molecule has 1 heterocycles. The molecule has 1 aliphatic rings. The van der Waals surface area contributed by atoms with Crippen LogP contribution >= 0.6 is 0 Å². The van der Waals surface area contributed by atoms with E-state index in [4.69, 9.17) is 0 Å². The Morgan fingerprint density at radius 3 is 2.64 bits per heavy atom. The molecule has 4 N–H and O–H groups in total. The van der Waals surface area contributed by atoms with Crippen molar-refractivity contribution in [3.05, 3.63) is 77.0 Å². The van der Waals surface area contributed by atoms with E-state index in [1.54, 1.807) is 19.1 Å². The average Bonchev–Trinajstić information content (AvgIpc) is 2.60. The number of carbonyl (C=O) groups excluding carboxylic acids is 2. The Labute approximate surface area is 145 Å². The molecule has 0 spiro atoms. The fraction of sp³-hybridized carbons (Fsp3) is 0.158. The predicted octanol–water partition coefficient (Wildman–Crippen LogP) is 2.34. The van der Waals surface area contributed by atoms with Gasteiger partial charge >= 0.3 is 6.03 Å². The molecule has 0 bridgehead atoms. The van der Waals surface area contributed by atoms with Crippen molar-refractivity contribution in [2.75, 3.05) is 0 Å². The Morgan fingerprint density at radius 2 is 1.92 bits per heavy atom. The molecule has 0 unspecified atom stereocenters. The number of aromatic hydroxyl groups is 1. The number of hydrogen-bond donors (Lipinski definition) is 4. The van der Waals surface area contributed by atoms with Gasteiger partial charge in [-0.2, -0.15) is 0 Å². The van der Waals surface area contributed by atoms with Crippen LogP contribution in [-0.2, 0) is 11.3 Å². The van der Waals surface area contributed by atoms with Crippen LogP contribution in [0.5, 0.6) is 5.75 Å². The molecule has 0 fully saturated rings. The molecule has 3 amide bonds. The number of phenols is 1. The van der Waals surface area contributed by atoms with Crippen molar-refractivity contribution >= 4 is 11.9 Å². The SMILES string of the molecule is CC1=C(C(=O)NCc2ccccc2)[C@H](c2cccc(O)c2)NC(=O)N1. The Kier molecular flexibility index (Phi) is 4.70. The van der Waals surface area contributed by atoms with Gasteiger partial charge in [0, 0.05) is 12.2 Å². The molecule has 0 saturated heterocycles. The lowest BCUT2D eigenvalue weighted by Crippen LogP contribution is -2.46. The number of rotatable bonds is 4. The second kappa shape index (κ2) is 7.09. The van der Waals surface area contributed by atoms with Crippen LogP contribution in [0.15, 0.2) is 65.9 Å². The lowest BCUT2D eigenvalue weighted by atomic mass is 9.94. The fourth-order valence-corrected chi connectivity index (χ4v) is 2.82. The third-order valence-corrected chi connectivity index (χ3v) is 4.01. The number of phenolic OH excluding ortho intramolecular Hbond substituents is 1. The van der Waals surface area contributed by atoms with Crippen LogP contribution in [0.4, 0.5) is 4.79 Å². The summed E-state index contributed by atoms with van der Waals surface area (Å²) < 4.78 is 0. The lowest BCUT2D eigenvalue weighted by molar-refractivity contribution is -0.118. The number of carbonyl (C=O) groups is 2. The first-order valence-corrected chi connectivity index (χ1v) is 7.94. The molecule has 6 nitrogen and oxygen atoms in total. The smallest absolute Gasteiger partial charge is 0.319 e. The molecule has 3 rings (SSSR count). The second-order valence-corrected chi connectivity index (χ2v) is 5.83. The number of allylic oxidation sites excluding steroid dienone is 1. The molecule has 0 saturated carbocycles. The van der Waals surface area contributed by atoms with Crippen molar-refractivity contribution in [3.8, 4) is 5.75 Å². The third kappa shape index (κ3) is 3.80. The van der Waals surface area contributed by atoms with Crippen LogP contribution in [0.3, 0.4) is 0 Å². The molecule has 2 aromatic carbocycles.